The number of amides is 1. The maximum absolute atomic E-state index is 12.4. The van der Waals surface area contributed by atoms with Crippen LogP contribution in [0.4, 0.5) is 5.69 Å². The summed E-state index contributed by atoms with van der Waals surface area (Å²) in [6, 6.07) is 11.7. The predicted molar refractivity (Wildman–Crippen MR) is 102 cm³/mol. The van der Waals surface area contributed by atoms with Crippen LogP contribution in [0.25, 0.3) is 10.8 Å². The van der Waals surface area contributed by atoms with Gasteiger partial charge in [0.05, 0.1) is 11.9 Å². The fraction of sp³-hybridized carbons (Fsp3) is 0.316. The Kier molecular flexibility index (Phi) is 5.80. The van der Waals surface area contributed by atoms with Gasteiger partial charge in [-0.05, 0) is 36.4 Å². The molecule has 2 N–H and O–H groups in total. The number of carbonyl (C=O) groups excluding carboxylic acids is 1. The minimum atomic E-state index is -0.0802. The monoisotopic (exact) mass is 371 g/mol. The normalized spacial score (nSPS) is 13.3. The molecule has 0 fully saturated rings. The van der Waals surface area contributed by atoms with Gasteiger partial charge in [-0.15, -0.1) is 21.5 Å². The number of hydrogen-bond acceptors (Lipinski definition) is 5. The van der Waals surface area contributed by atoms with E-state index in [4.69, 9.17) is 4.42 Å². The van der Waals surface area contributed by atoms with Crippen LogP contribution in [0.2, 0.25) is 0 Å². The second-order valence-electron chi connectivity index (χ2n) is 6.23. The minimum Gasteiger partial charge on any atom is -0.414 e. The predicted octanol–water partition coefficient (Wildman–Crippen LogP) is 2.57. The third kappa shape index (κ3) is 4.17. The van der Waals surface area contributed by atoms with E-state index in [1.807, 2.05) is 55.7 Å². The van der Waals surface area contributed by atoms with E-state index in [9.17, 15) is 4.79 Å². The number of rotatable bonds is 7. The van der Waals surface area contributed by atoms with Crippen LogP contribution < -0.4 is 10.2 Å². The highest BCUT2D eigenvalue weighted by molar-refractivity contribution is 7.13. The van der Waals surface area contributed by atoms with Crippen LogP contribution in [0.3, 0.4) is 0 Å². The molecule has 0 spiro atoms. The van der Waals surface area contributed by atoms with Crippen LogP contribution in [0.1, 0.15) is 31.3 Å². The second-order valence-corrected chi connectivity index (χ2v) is 7.17. The molecule has 0 aliphatic heterocycles. The number of anilines is 1. The molecule has 0 aliphatic rings. The minimum absolute atomic E-state index is 0.0340. The quantitative estimate of drug-likeness (QED) is 0.670. The highest BCUT2D eigenvalue weighted by Crippen LogP contribution is 2.24. The lowest BCUT2D eigenvalue weighted by Crippen LogP contribution is -3.10. The number of likely N-dealkylation sites (N-methyl/N-ethyl adjacent to an activating group) is 1. The number of hydrogen-bond donors (Lipinski definition) is 2. The lowest BCUT2D eigenvalue weighted by Gasteiger charge is -2.18. The van der Waals surface area contributed by atoms with Gasteiger partial charge in [0.2, 0.25) is 0 Å². The summed E-state index contributed by atoms with van der Waals surface area (Å²) in [6.45, 7) is 4.37. The number of carbonyl (C=O) groups is 1. The average molecular weight is 371 g/mol. The summed E-state index contributed by atoms with van der Waals surface area (Å²) in [5.74, 6) is 1.02. The number of benzene rings is 1. The topological polar surface area (TPSA) is 72.5 Å². The summed E-state index contributed by atoms with van der Waals surface area (Å²) in [4.78, 5) is 14.4. The average Bonchev–Trinajstić information content (AvgIpc) is 3.32. The molecule has 6 nitrogen and oxygen atoms in total. The molecule has 2 atom stereocenters. The van der Waals surface area contributed by atoms with Gasteiger partial charge in [0.15, 0.2) is 12.6 Å². The van der Waals surface area contributed by atoms with Crippen molar-refractivity contribution >= 4 is 22.9 Å². The molecule has 2 heterocycles. The summed E-state index contributed by atoms with van der Waals surface area (Å²) in [7, 11) is 1.95. The third-order valence-corrected chi connectivity index (χ3v) is 5.25. The Bertz CT molecular complexity index is 860. The zero-order valence-corrected chi connectivity index (χ0v) is 16.0. The van der Waals surface area contributed by atoms with Gasteiger partial charge in [-0.3, -0.25) is 4.79 Å². The third-order valence-electron chi connectivity index (χ3n) is 4.39. The molecule has 1 amide bonds. The van der Waals surface area contributed by atoms with E-state index in [-0.39, 0.29) is 11.9 Å². The van der Waals surface area contributed by atoms with Crippen molar-refractivity contribution in [3.63, 3.8) is 0 Å². The van der Waals surface area contributed by atoms with Crippen molar-refractivity contribution in [3.05, 3.63) is 53.2 Å². The first-order chi connectivity index (χ1) is 12.6. The summed E-state index contributed by atoms with van der Waals surface area (Å²) in [6.07, 6.45) is 0.878. The molecule has 3 rings (SSSR count). The summed E-state index contributed by atoms with van der Waals surface area (Å²) in [5, 5.41) is 13.2. The molecule has 0 bridgehead atoms. The van der Waals surface area contributed by atoms with E-state index in [0.717, 1.165) is 27.4 Å². The molecule has 0 aliphatic carbocycles. The summed E-state index contributed by atoms with van der Waals surface area (Å²) < 4.78 is 5.78. The van der Waals surface area contributed by atoms with Crippen LogP contribution in [0.15, 0.2) is 46.2 Å². The zero-order chi connectivity index (χ0) is 18.5. The summed E-state index contributed by atoms with van der Waals surface area (Å²) >= 11 is 1.56. The number of thiophene rings is 1. The Labute approximate surface area is 156 Å². The number of aromatic nitrogens is 2. The second kappa shape index (κ2) is 8.25. The first-order valence-corrected chi connectivity index (χ1v) is 9.53. The molecule has 1 aromatic carbocycles. The van der Waals surface area contributed by atoms with Crippen molar-refractivity contribution in [3.8, 4) is 10.8 Å². The molecule has 26 heavy (non-hydrogen) atoms. The molecule has 2 aromatic heterocycles. The number of nitrogens with zero attached hydrogens (tertiary/aromatic N) is 2. The number of aryl methyl sites for hydroxylation is 1. The fourth-order valence-corrected chi connectivity index (χ4v) is 3.32. The standard InChI is InChI=1S/C19H22N4O2S/c1-4-14-8-5-6-9-15(14)20-17(24)12-23(3)13(2)18-21-22-19(25-18)16-10-7-11-26-16/h5-11,13H,4,12H2,1-3H3,(H,20,24)/p+1/t13-/m1/s1. The van der Waals surface area contributed by atoms with Crippen molar-refractivity contribution < 1.29 is 14.1 Å². The lowest BCUT2D eigenvalue weighted by molar-refractivity contribution is -0.903. The molecule has 0 radical (unpaired) electrons. The van der Waals surface area contributed by atoms with Gasteiger partial charge in [0.1, 0.15) is 0 Å². The highest BCUT2D eigenvalue weighted by Gasteiger charge is 2.24. The first-order valence-electron chi connectivity index (χ1n) is 8.65. The van der Waals surface area contributed by atoms with E-state index >= 15 is 0 Å². The van der Waals surface area contributed by atoms with Gasteiger partial charge in [-0.2, -0.15) is 0 Å². The van der Waals surface area contributed by atoms with Crippen LogP contribution >= 0.6 is 11.3 Å². The Balaban J connectivity index is 1.62. The van der Waals surface area contributed by atoms with Gasteiger partial charge >= 0.3 is 0 Å². The van der Waals surface area contributed by atoms with Crippen LogP contribution in [0, 0.1) is 0 Å². The number of para-hydroxylation sites is 1. The Hall–Kier alpha value is -2.51. The Morgan fingerprint density at radius 2 is 2.08 bits per heavy atom. The van der Waals surface area contributed by atoms with E-state index in [0.29, 0.717) is 18.3 Å². The molecule has 3 aromatic rings. The summed E-state index contributed by atoms with van der Waals surface area (Å²) in [5.41, 5.74) is 2.00. The molecule has 0 saturated carbocycles. The smallest absolute Gasteiger partial charge is 0.279 e. The van der Waals surface area contributed by atoms with E-state index in [2.05, 4.69) is 22.4 Å². The Morgan fingerprint density at radius 3 is 2.81 bits per heavy atom. The van der Waals surface area contributed by atoms with Gasteiger partial charge in [0, 0.05) is 5.69 Å². The first kappa shape index (κ1) is 18.3. The van der Waals surface area contributed by atoms with E-state index in [1.54, 1.807) is 11.3 Å². The van der Waals surface area contributed by atoms with E-state index in [1.165, 1.54) is 0 Å². The van der Waals surface area contributed by atoms with Crippen LogP contribution in [-0.2, 0) is 11.2 Å². The zero-order valence-electron chi connectivity index (χ0n) is 15.2. The molecule has 1 unspecified atom stereocenters. The molecule has 7 heteroatoms. The van der Waals surface area contributed by atoms with Crippen molar-refractivity contribution in [2.24, 2.45) is 0 Å². The molecule has 0 saturated heterocycles. The van der Waals surface area contributed by atoms with Crippen molar-refractivity contribution in [1.82, 2.24) is 10.2 Å². The number of nitrogens with one attached hydrogen (secondary N) is 2. The van der Waals surface area contributed by atoms with Gasteiger partial charge in [-0.25, -0.2) is 0 Å². The maximum Gasteiger partial charge on any atom is 0.279 e. The van der Waals surface area contributed by atoms with Crippen LogP contribution in [-0.4, -0.2) is 29.7 Å². The van der Waals surface area contributed by atoms with Crippen molar-refractivity contribution in [1.29, 1.82) is 0 Å². The molecule has 136 valence electrons. The van der Waals surface area contributed by atoms with Gasteiger partial charge in [0.25, 0.3) is 17.7 Å². The number of quaternary nitrogens is 1. The maximum atomic E-state index is 12.4. The van der Waals surface area contributed by atoms with Crippen molar-refractivity contribution in [2.75, 3.05) is 18.9 Å². The molecular weight excluding hydrogens is 348 g/mol. The van der Waals surface area contributed by atoms with Gasteiger partial charge < -0.3 is 14.6 Å². The van der Waals surface area contributed by atoms with Gasteiger partial charge in [-0.1, -0.05) is 31.2 Å². The fourth-order valence-electron chi connectivity index (χ4n) is 2.67. The van der Waals surface area contributed by atoms with E-state index < -0.39 is 0 Å². The van der Waals surface area contributed by atoms with Crippen molar-refractivity contribution in [2.45, 2.75) is 26.3 Å². The molecular formula is C19H23N4O2S+. The SMILES string of the molecule is CCc1ccccc1NC(=O)C[NH+](C)[C@H](C)c1nnc(-c2cccs2)o1. The largest absolute Gasteiger partial charge is 0.414 e. The lowest BCUT2D eigenvalue weighted by atomic mass is 10.1. The highest BCUT2D eigenvalue weighted by atomic mass is 32.1. The van der Waals surface area contributed by atoms with Crippen LogP contribution in [0.5, 0.6) is 0 Å². The Morgan fingerprint density at radius 1 is 1.27 bits per heavy atom.